The number of para-hydroxylation sites is 1. The number of aromatic nitrogens is 4. The first-order valence-electron chi connectivity index (χ1n) is 8.32. The molecule has 0 spiro atoms. The molecule has 0 N–H and O–H groups in total. The first kappa shape index (κ1) is 15.1. The van der Waals surface area contributed by atoms with Crippen LogP contribution < -0.4 is 4.74 Å². The van der Waals surface area contributed by atoms with Crippen LogP contribution in [0.5, 0.6) is 11.6 Å². The van der Waals surface area contributed by atoms with Crippen molar-refractivity contribution in [2.75, 3.05) is 0 Å². The van der Waals surface area contributed by atoms with E-state index in [0.717, 1.165) is 24.2 Å². The minimum atomic E-state index is -0.0329. The van der Waals surface area contributed by atoms with E-state index in [0.29, 0.717) is 17.3 Å². The van der Waals surface area contributed by atoms with E-state index in [1.807, 2.05) is 34.9 Å². The number of hydrogen-bond acceptors (Lipinski definition) is 5. The summed E-state index contributed by atoms with van der Waals surface area (Å²) in [6.07, 6.45) is 5.51. The standard InChI is InChI=1S/C18H20N4O2/c1-3-14-12(2)9-15(24-14)22-11-21-16-17(22)19-10-20-18(16)23-13-7-5-4-6-8-13/h4-8,10-12,14-15H,3,9H2,1-2H3/t12?,14-,15-/m1/s1. The smallest absolute Gasteiger partial charge is 0.250 e. The van der Waals surface area contributed by atoms with E-state index in [9.17, 15) is 0 Å². The lowest BCUT2D eigenvalue weighted by Crippen LogP contribution is -2.12. The Morgan fingerprint density at radius 2 is 2.04 bits per heavy atom. The maximum atomic E-state index is 6.16. The van der Waals surface area contributed by atoms with Crippen molar-refractivity contribution in [1.82, 2.24) is 19.5 Å². The molecule has 3 aromatic rings. The van der Waals surface area contributed by atoms with Crippen LogP contribution >= 0.6 is 0 Å². The quantitative estimate of drug-likeness (QED) is 0.727. The van der Waals surface area contributed by atoms with Crippen LogP contribution in [0.25, 0.3) is 11.2 Å². The van der Waals surface area contributed by atoms with Crippen molar-refractivity contribution in [3.63, 3.8) is 0 Å². The molecular formula is C18H20N4O2. The molecule has 1 fully saturated rings. The highest BCUT2D eigenvalue weighted by atomic mass is 16.5. The third-order valence-corrected chi connectivity index (χ3v) is 4.54. The summed E-state index contributed by atoms with van der Waals surface area (Å²) in [5.41, 5.74) is 1.39. The second-order valence-corrected chi connectivity index (χ2v) is 6.17. The third-order valence-electron chi connectivity index (χ3n) is 4.54. The van der Waals surface area contributed by atoms with Gasteiger partial charge in [-0.25, -0.2) is 9.97 Å². The Balaban J connectivity index is 1.67. The number of fused-ring (bicyclic) bond motifs is 1. The Morgan fingerprint density at radius 3 is 2.79 bits per heavy atom. The van der Waals surface area contributed by atoms with E-state index in [-0.39, 0.29) is 12.3 Å². The van der Waals surface area contributed by atoms with Gasteiger partial charge in [-0.15, -0.1) is 0 Å². The Bertz CT molecular complexity index is 833. The molecule has 6 nitrogen and oxygen atoms in total. The lowest BCUT2D eigenvalue weighted by molar-refractivity contribution is -0.00304. The molecular weight excluding hydrogens is 304 g/mol. The van der Waals surface area contributed by atoms with Gasteiger partial charge in [-0.2, -0.15) is 4.98 Å². The fourth-order valence-corrected chi connectivity index (χ4v) is 3.26. The molecule has 0 saturated carbocycles. The molecule has 4 rings (SSSR count). The molecule has 3 heterocycles. The molecule has 3 atom stereocenters. The molecule has 1 saturated heterocycles. The molecule has 1 aliphatic rings. The number of nitrogens with zero attached hydrogens (tertiary/aromatic N) is 4. The largest absolute Gasteiger partial charge is 0.437 e. The number of imidazole rings is 1. The maximum Gasteiger partial charge on any atom is 0.250 e. The van der Waals surface area contributed by atoms with Crippen LogP contribution in [-0.4, -0.2) is 25.6 Å². The van der Waals surface area contributed by atoms with Gasteiger partial charge < -0.3 is 9.47 Å². The number of benzene rings is 1. The van der Waals surface area contributed by atoms with Gasteiger partial charge in [0.15, 0.2) is 11.2 Å². The van der Waals surface area contributed by atoms with E-state index < -0.39 is 0 Å². The molecule has 0 amide bonds. The van der Waals surface area contributed by atoms with E-state index in [1.54, 1.807) is 6.33 Å². The second-order valence-electron chi connectivity index (χ2n) is 6.17. The molecule has 0 radical (unpaired) electrons. The highest BCUT2D eigenvalue weighted by Crippen LogP contribution is 2.36. The van der Waals surface area contributed by atoms with Crippen molar-refractivity contribution in [1.29, 1.82) is 0 Å². The van der Waals surface area contributed by atoms with Crippen LogP contribution in [-0.2, 0) is 4.74 Å². The molecule has 24 heavy (non-hydrogen) atoms. The predicted octanol–water partition coefficient (Wildman–Crippen LogP) is 3.95. The van der Waals surface area contributed by atoms with E-state index in [1.165, 1.54) is 6.33 Å². The second kappa shape index (κ2) is 6.20. The topological polar surface area (TPSA) is 62.1 Å². The van der Waals surface area contributed by atoms with Crippen LogP contribution in [0.2, 0.25) is 0 Å². The molecule has 1 unspecified atom stereocenters. The monoisotopic (exact) mass is 324 g/mol. The first-order valence-corrected chi connectivity index (χ1v) is 8.32. The summed E-state index contributed by atoms with van der Waals surface area (Å²) in [4.78, 5) is 13.1. The van der Waals surface area contributed by atoms with Crippen molar-refractivity contribution in [2.24, 2.45) is 5.92 Å². The summed E-state index contributed by atoms with van der Waals surface area (Å²) in [5.74, 6) is 1.71. The maximum absolute atomic E-state index is 6.16. The van der Waals surface area contributed by atoms with Crippen molar-refractivity contribution >= 4 is 11.2 Å². The van der Waals surface area contributed by atoms with Crippen LogP contribution in [0.1, 0.15) is 32.9 Å². The first-order chi connectivity index (χ1) is 11.8. The van der Waals surface area contributed by atoms with Crippen molar-refractivity contribution < 1.29 is 9.47 Å². The van der Waals surface area contributed by atoms with Crippen LogP contribution in [0.3, 0.4) is 0 Å². The molecule has 6 heteroatoms. The van der Waals surface area contributed by atoms with E-state index in [4.69, 9.17) is 9.47 Å². The van der Waals surface area contributed by atoms with E-state index >= 15 is 0 Å². The fraction of sp³-hybridized carbons (Fsp3) is 0.389. The highest BCUT2D eigenvalue weighted by Gasteiger charge is 2.33. The molecule has 1 aliphatic heterocycles. The zero-order valence-corrected chi connectivity index (χ0v) is 13.8. The Kier molecular flexibility index (Phi) is 3.90. The fourth-order valence-electron chi connectivity index (χ4n) is 3.26. The van der Waals surface area contributed by atoms with Gasteiger partial charge in [-0.3, -0.25) is 4.57 Å². The predicted molar refractivity (Wildman–Crippen MR) is 89.8 cm³/mol. The summed E-state index contributed by atoms with van der Waals surface area (Å²) < 4.78 is 14.0. The van der Waals surface area contributed by atoms with Crippen LogP contribution in [0.15, 0.2) is 43.0 Å². The van der Waals surface area contributed by atoms with Gasteiger partial charge in [-0.05, 0) is 30.9 Å². The van der Waals surface area contributed by atoms with Gasteiger partial charge in [-0.1, -0.05) is 32.0 Å². The highest BCUT2D eigenvalue weighted by molar-refractivity contribution is 5.76. The number of hydrogen-bond donors (Lipinski definition) is 0. The molecule has 1 aromatic carbocycles. The summed E-state index contributed by atoms with van der Waals surface area (Å²) in [5, 5.41) is 0. The van der Waals surface area contributed by atoms with Gasteiger partial charge in [0.05, 0.1) is 12.4 Å². The Morgan fingerprint density at radius 1 is 1.21 bits per heavy atom. The normalized spacial score (nSPS) is 23.7. The van der Waals surface area contributed by atoms with Gasteiger partial charge >= 0.3 is 0 Å². The zero-order chi connectivity index (χ0) is 16.5. The van der Waals surface area contributed by atoms with Crippen LogP contribution in [0, 0.1) is 5.92 Å². The lowest BCUT2D eigenvalue weighted by atomic mass is 10.0. The molecule has 0 aliphatic carbocycles. The minimum absolute atomic E-state index is 0.0329. The average molecular weight is 324 g/mol. The SMILES string of the molecule is CC[C@H]1O[C@@H](n2cnc3c(Oc4ccccc4)ncnc32)CC1C. The summed E-state index contributed by atoms with van der Waals surface area (Å²) >= 11 is 0. The number of ether oxygens (including phenoxy) is 2. The summed E-state index contributed by atoms with van der Waals surface area (Å²) in [7, 11) is 0. The lowest BCUT2D eigenvalue weighted by Gasteiger charge is -2.14. The zero-order valence-electron chi connectivity index (χ0n) is 13.8. The Labute approximate surface area is 140 Å². The average Bonchev–Trinajstić information content (AvgIpc) is 3.19. The third kappa shape index (κ3) is 2.63. The van der Waals surface area contributed by atoms with Gasteiger partial charge in [0.2, 0.25) is 0 Å². The van der Waals surface area contributed by atoms with Crippen molar-refractivity contribution in [3.05, 3.63) is 43.0 Å². The van der Waals surface area contributed by atoms with Crippen molar-refractivity contribution in [2.45, 2.75) is 39.0 Å². The number of rotatable bonds is 4. The van der Waals surface area contributed by atoms with Gasteiger partial charge in [0.1, 0.15) is 18.3 Å². The Hall–Kier alpha value is -2.47. The van der Waals surface area contributed by atoms with E-state index in [2.05, 4.69) is 28.8 Å². The molecule has 2 aromatic heterocycles. The van der Waals surface area contributed by atoms with Gasteiger partial charge in [0.25, 0.3) is 5.88 Å². The summed E-state index contributed by atoms with van der Waals surface area (Å²) in [6.45, 7) is 4.38. The molecule has 124 valence electrons. The molecule has 0 bridgehead atoms. The summed E-state index contributed by atoms with van der Waals surface area (Å²) in [6, 6.07) is 9.56. The minimum Gasteiger partial charge on any atom is -0.437 e. The van der Waals surface area contributed by atoms with Crippen molar-refractivity contribution in [3.8, 4) is 11.6 Å². The van der Waals surface area contributed by atoms with Gasteiger partial charge in [0, 0.05) is 0 Å². The van der Waals surface area contributed by atoms with Crippen LogP contribution in [0.4, 0.5) is 0 Å².